The van der Waals surface area contributed by atoms with Gasteiger partial charge in [0.05, 0.1) is 0 Å². The molecule has 0 aromatic heterocycles. The Labute approximate surface area is 114 Å². The van der Waals surface area contributed by atoms with Crippen LogP contribution >= 0.6 is 0 Å². The molecule has 1 atom stereocenters. The van der Waals surface area contributed by atoms with Crippen LogP contribution in [0.3, 0.4) is 0 Å². The third-order valence-electron chi connectivity index (χ3n) is 0.917. The number of aliphatic carboxylic acids is 2. The molecule has 0 bridgehead atoms. The zero-order valence-corrected chi connectivity index (χ0v) is 5.15. The van der Waals surface area contributed by atoms with Crippen LogP contribution in [-0.2, 0) is 9.59 Å². The summed E-state index contributed by atoms with van der Waals surface area (Å²) in [4.78, 5) is 19.7. The number of aliphatic hydroxyl groups excluding tert-OH is 1. The third-order valence-corrected chi connectivity index (χ3v) is 0.917. The van der Waals surface area contributed by atoms with E-state index in [1.165, 1.54) is 0 Å². The standard InChI is InChI=1S/C5H8O5.2Na.2H/c6-3(5(9)10)1-2-4(7)8;;;;/h3,6H,1-2H2,(H,7,8)(H,9,10);;;;. The van der Waals surface area contributed by atoms with Crippen LogP contribution < -0.4 is 0 Å². The van der Waals surface area contributed by atoms with Crippen LogP contribution in [0.5, 0.6) is 0 Å². The number of aliphatic hydroxyl groups is 1. The van der Waals surface area contributed by atoms with Crippen molar-refractivity contribution in [3.8, 4) is 0 Å². The Balaban J connectivity index is -0.000000405. The van der Waals surface area contributed by atoms with Gasteiger partial charge < -0.3 is 15.3 Å². The van der Waals surface area contributed by atoms with Crippen molar-refractivity contribution in [2.75, 3.05) is 0 Å². The Morgan fingerprint density at radius 3 is 1.83 bits per heavy atom. The van der Waals surface area contributed by atoms with E-state index in [0.29, 0.717) is 0 Å². The van der Waals surface area contributed by atoms with Crippen LogP contribution in [0.25, 0.3) is 0 Å². The van der Waals surface area contributed by atoms with Gasteiger partial charge in [-0.2, -0.15) is 0 Å². The van der Waals surface area contributed by atoms with Gasteiger partial charge in [0, 0.05) is 6.42 Å². The fourth-order valence-electron chi connectivity index (χ4n) is 0.384. The topological polar surface area (TPSA) is 94.8 Å². The molecule has 0 heterocycles. The van der Waals surface area contributed by atoms with E-state index >= 15 is 0 Å². The molecule has 0 aromatic carbocycles. The van der Waals surface area contributed by atoms with Crippen molar-refractivity contribution in [2.45, 2.75) is 18.9 Å². The van der Waals surface area contributed by atoms with Gasteiger partial charge in [-0.25, -0.2) is 4.79 Å². The molecule has 5 nitrogen and oxygen atoms in total. The van der Waals surface area contributed by atoms with Crippen LogP contribution in [0.2, 0.25) is 0 Å². The predicted molar refractivity (Wildman–Crippen MR) is 44.8 cm³/mol. The minimum atomic E-state index is -1.56. The second kappa shape index (κ2) is 9.98. The van der Waals surface area contributed by atoms with Crippen LogP contribution in [-0.4, -0.2) is 92.5 Å². The summed E-state index contributed by atoms with van der Waals surface area (Å²) >= 11 is 0. The van der Waals surface area contributed by atoms with Crippen LogP contribution in [0.1, 0.15) is 12.8 Å². The van der Waals surface area contributed by atoms with Gasteiger partial charge in [-0.15, -0.1) is 0 Å². The van der Waals surface area contributed by atoms with Gasteiger partial charge in [0.25, 0.3) is 0 Å². The molecule has 0 radical (unpaired) electrons. The summed E-state index contributed by atoms with van der Waals surface area (Å²) in [6.45, 7) is 0. The maximum atomic E-state index is 9.87. The van der Waals surface area contributed by atoms with Crippen molar-refractivity contribution < 1.29 is 24.9 Å². The molecule has 0 saturated carbocycles. The molecule has 3 N–H and O–H groups in total. The van der Waals surface area contributed by atoms with E-state index in [9.17, 15) is 9.59 Å². The summed E-state index contributed by atoms with van der Waals surface area (Å²) in [5.41, 5.74) is 0. The molecule has 7 heteroatoms. The molecule has 0 aliphatic carbocycles. The first-order valence-corrected chi connectivity index (χ1v) is 2.66. The van der Waals surface area contributed by atoms with Crippen molar-refractivity contribution >= 4 is 71.1 Å². The summed E-state index contributed by atoms with van der Waals surface area (Å²) in [5.74, 6) is -2.50. The molecular formula is C5H10Na2O5. The Morgan fingerprint density at radius 2 is 1.58 bits per heavy atom. The first kappa shape index (κ1) is 18.6. The average Bonchev–Trinajstić information content (AvgIpc) is 1.82. The van der Waals surface area contributed by atoms with E-state index in [1.807, 2.05) is 0 Å². The number of carbonyl (C=O) groups is 2. The van der Waals surface area contributed by atoms with Crippen molar-refractivity contribution in [2.24, 2.45) is 0 Å². The normalized spacial score (nSPS) is 10.4. The van der Waals surface area contributed by atoms with Gasteiger partial charge >= 0.3 is 71.1 Å². The number of rotatable bonds is 4. The van der Waals surface area contributed by atoms with Gasteiger partial charge in [-0.1, -0.05) is 0 Å². The van der Waals surface area contributed by atoms with Gasteiger partial charge in [0.15, 0.2) is 6.10 Å². The van der Waals surface area contributed by atoms with Gasteiger partial charge in [-0.05, 0) is 6.42 Å². The SMILES string of the molecule is O=C(O)CCC(O)C(=O)O.[NaH].[NaH]. The van der Waals surface area contributed by atoms with E-state index in [4.69, 9.17) is 15.3 Å². The molecule has 1 unspecified atom stereocenters. The van der Waals surface area contributed by atoms with Crippen LogP contribution in [0.15, 0.2) is 0 Å². The first-order chi connectivity index (χ1) is 4.54. The molecule has 0 amide bonds. The number of hydrogen-bond donors (Lipinski definition) is 3. The van der Waals surface area contributed by atoms with Crippen molar-refractivity contribution in [1.29, 1.82) is 0 Å². The molecule has 0 aliphatic heterocycles. The maximum absolute atomic E-state index is 9.87. The molecule has 0 aliphatic rings. The summed E-state index contributed by atoms with van der Waals surface area (Å²) < 4.78 is 0. The van der Waals surface area contributed by atoms with E-state index in [-0.39, 0.29) is 72.0 Å². The summed E-state index contributed by atoms with van der Waals surface area (Å²) in [6.07, 6.45) is -2.13. The zero-order valence-electron chi connectivity index (χ0n) is 5.15. The Hall–Kier alpha value is 0.900. The fraction of sp³-hybridized carbons (Fsp3) is 0.600. The van der Waals surface area contributed by atoms with Crippen molar-refractivity contribution in [3.63, 3.8) is 0 Å². The Bertz CT molecular complexity index is 149. The monoisotopic (exact) mass is 196 g/mol. The van der Waals surface area contributed by atoms with Gasteiger partial charge in [0.1, 0.15) is 0 Å². The molecule has 0 saturated heterocycles. The van der Waals surface area contributed by atoms with Crippen molar-refractivity contribution in [1.82, 2.24) is 0 Å². The van der Waals surface area contributed by atoms with Gasteiger partial charge in [0.2, 0.25) is 0 Å². The Kier molecular flexibility index (Phi) is 15.5. The summed E-state index contributed by atoms with van der Waals surface area (Å²) in [7, 11) is 0. The second-order valence-electron chi connectivity index (χ2n) is 1.79. The number of hydrogen-bond acceptors (Lipinski definition) is 3. The van der Waals surface area contributed by atoms with E-state index < -0.39 is 18.0 Å². The molecule has 0 rings (SSSR count). The Morgan fingerprint density at radius 1 is 1.17 bits per heavy atom. The molecule has 12 heavy (non-hydrogen) atoms. The summed E-state index contributed by atoms with van der Waals surface area (Å²) in [6, 6.07) is 0. The molecule has 0 fully saturated rings. The van der Waals surface area contributed by atoms with Crippen LogP contribution in [0, 0.1) is 0 Å². The second-order valence-corrected chi connectivity index (χ2v) is 1.79. The van der Waals surface area contributed by atoms with Crippen LogP contribution in [0.4, 0.5) is 0 Å². The molecule has 0 spiro atoms. The third kappa shape index (κ3) is 10.9. The number of carboxylic acid groups (broad SMARTS) is 2. The predicted octanol–water partition coefficient (Wildman–Crippen LogP) is -2.00. The average molecular weight is 196 g/mol. The first-order valence-electron chi connectivity index (χ1n) is 2.66. The van der Waals surface area contributed by atoms with E-state index in [1.54, 1.807) is 0 Å². The minimum absolute atomic E-state index is 0. The van der Waals surface area contributed by atoms with E-state index in [0.717, 1.165) is 0 Å². The molecule has 62 valence electrons. The van der Waals surface area contributed by atoms with Crippen molar-refractivity contribution in [3.05, 3.63) is 0 Å². The molecular weight excluding hydrogens is 186 g/mol. The zero-order chi connectivity index (χ0) is 8.15. The van der Waals surface area contributed by atoms with E-state index in [2.05, 4.69) is 0 Å². The quantitative estimate of drug-likeness (QED) is 0.452. The molecule has 0 aromatic rings. The van der Waals surface area contributed by atoms with Gasteiger partial charge in [-0.3, -0.25) is 4.79 Å². The summed E-state index contributed by atoms with van der Waals surface area (Å²) in [5, 5.41) is 24.6. The fourth-order valence-corrected chi connectivity index (χ4v) is 0.384. The number of carboxylic acids is 2.